The molecule has 1 aliphatic rings. The van der Waals surface area contributed by atoms with E-state index in [2.05, 4.69) is 4.90 Å². The summed E-state index contributed by atoms with van der Waals surface area (Å²) in [5.74, 6) is -4.82. The SMILES string of the molecule is CN(CCCCCCC1=C(c2ccc(F)cc2)CCCc2c1ccc(O)c2F)CCCSCCCC(F)(F)C(F)(F)F. The van der Waals surface area contributed by atoms with Gasteiger partial charge in [-0.2, -0.15) is 33.7 Å². The first kappa shape index (κ1) is 34.3. The zero-order chi connectivity index (χ0) is 30.8. The third-order valence-electron chi connectivity index (χ3n) is 7.70. The summed E-state index contributed by atoms with van der Waals surface area (Å²) in [4.78, 5) is 2.20. The van der Waals surface area contributed by atoms with Crippen molar-refractivity contribution in [1.82, 2.24) is 4.90 Å². The maximum absolute atomic E-state index is 14.8. The molecule has 0 unspecified atom stereocenters. The van der Waals surface area contributed by atoms with Gasteiger partial charge in [-0.15, -0.1) is 0 Å². The first-order valence-electron chi connectivity index (χ1n) is 14.6. The Morgan fingerprint density at radius 3 is 2.19 bits per heavy atom. The Balaban J connectivity index is 1.41. The average Bonchev–Trinajstić information content (AvgIpc) is 3.11. The van der Waals surface area contributed by atoms with E-state index in [0.29, 0.717) is 17.7 Å². The number of alkyl halides is 5. The molecule has 0 fully saturated rings. The zero-order valence-electron chi connectivity index (χ0n) is 24.0. The van der Waals surface area contributed by atoms with Crippen LogP contribution >= 0.6 is 11.8 Å². The second-order valence-electron chi connectivity index (χ2n) is 11.0. The maximum atomic E-state index is 14.8. The molecule has 1 N–H and O–H groups in total. The Kier molecular flexibility index (Phi) is 13.1. The number of rotatable bonds is 16. The van der Waals surface area contributed by atoms with E-state index in [4.69, 9.17) is 0 Å². The summed E-state index contributed by atoms with van der Waals surface area (Å²) < 4.78 is 90.9. The van der Waals surface area contributed by atoms with Gasteiger partial charge in [0.1, 0.15) is 5.82 Å². The smallest absolute Gasteiger partial charge is 0.453 e. The van der Waals surface area contributed by atoms with Crippen molar-refractivity contribution in [1.29, 1.82) is 0 Å². The van der Waals surface area contributed by atoms with Gasteiger partial charge < -0.3 is 10.0 Å². The van der Waals surface area contributed by atoms with Crippen LogP contribution in [0, 0.1) is 11.6 Å². The van der Waals surface area contributed by atoms with Gasteiger partial charge >= 0.3 is 12.1 Å². The van der Waals surface area contributed by atoms with Crippen molar-refractivity contribution in [2.45, 2.75) is 82.7 Å². The predicted molar refractivity (Wildman–Crippen MR) is 157 cm³/mol. The van der Waals surface area contributed by atoms with Crippen LogP contribution in [0.1, 0.15) is 80.9 Å². The van der Waals surface area contributed by atoms with E-state index in [-0.39, 0.29) is 23.7 Å². The van der Waals surface area contributed by atoms with Crippen molar-refractivity contribution in [3.05, 3.63) is 64.7 Å². The van der Waals surface area contributed by atoms with Crippen LogP contribution in [0.15, 0.2) is 36.4 Å². The standard InChI is InChI=1S/C32H40F7NOS/c1-40(20-8-22-42-21-7-18-31(35,36)32(37,38)39)19-5-3-2-4-9-26-25(23-12-14-24(33)15-13-23)10-6-11-28-27(26)16-17-29(41)30(28)34/h12-17,41H,2-11,18-22H2,1H3. The number of aromatic hydroxyl groups is 1. The Bertz CT molecular complexity index is 1160. The number of nitrogens with zero attached hydrogens (tertiary/aromatic N) is 1. The molecular weight excluding hydrogens is 579 g/mol. The number of phenolic OH excluding ortho intramolecular Hbond substituents is 1. The summed E-state index contributed by atoms with van der Waals surface area (Å²) in [7, 11) is 2.01. The molecule has 0 amide bonds. The number of unbranched alkanes of at least 4 members (excludes halogenated alkanes) is 3. The van der Waals surface area contributed by atoms with Crippen molar-refractivity contribution in [3.63, 3.8) is 0 Å². The lowest BCUT2D eigenvalue weighted by Gasteiger charge is -2.19. The third-order valence-corrected chi connectivity index (χ3v) is 8.85. The molecule has 0 bridgehead atoms. The van der Waals surface area contributed by atoms with Crippen LogP contribution in [0.5, 0.6) is 5.75 Å². The predicted octanol–water partition coefficient (Wildman–Crippen LogP) is 9.90. The number of hydrogen-bond donors (Lipinski definition) is 1. The second-order valence-corrected chi connectivity index (χ2v) is 12.2. The fourth-order valence-corrected chi connectivity index (χ4v) is 6.26. The molecule has 42 heavy (non-hydrogen) atoms. The Labute approximate surface area is 248 Å². The van der Waals surface area contributed by atoms with E-state index < -0.39 is 24.3 Å². The van der Waals surface area contributed by atoms with Gasteiger partial charge in [0, 0.05) is 6.42 Å². The number of benzene rings is 2. The molecule has 0 heterocycles. The van der Waals surface area contributed by atoms with Gasteiger partial charge in [0.25, 0.3) is 0 Å². The number of thioether (sulfide) groups is 1. The number of fused-ring (bicyclic) bond motifs is 1. The van der Waals surface area contributed by atoms with Gasteiger partial charge in [-0.05, 0) is 129 Å². The molecule has 0 radical (unpaired) electrons. The van der Waals surface area contributed by atoms with Crippen LogP contribution in [-0.4, -0.2) is 53.7 Å². The molecule has 234 valence electrons. The third kappa shape index (κ3) is 9.93. The molecule has 0 saturated carbocycles. The van der Waals surface area contributed by atoms with Gasteiger partial charge in [-0.25, -0.2) is 8.78 Å². The lowest BCUT2D eigenvalue weighted by atomic mass is 9.89. The molecule has 0 aliphatic heterocycles. The van der Waals surface area contributed by atoms with Gasteiger partial charge in [0.05, 0.1) is 0 Å². The van der Waals surface area contributed by atoms with Crippen molar-refractivity contribution < 1.29 is 35.8 Å². The minimum atomic E-state index is -5.48. The second kappa shape index (κ2) is 16.0. The number of halogens is 7. The average molecular weight is 620 g/mol. The van der Waals surface area contributed by atoms with Gasteiger partial charge in [0.15, 0.2) is 11.6 Å². The quantitative estimate of drug-likeness (QED) is 0.149. The normalized spacial score (nSPS) is 14.4. The molecule has 0 aromatic heterocycles. The highest BCUT2D eigenvalue weighted by molar-refractivity contribution is 7.99. The number of phenols is 1. The summed E-state index contributed by atoms with van der Waals surface area (Å²) in [5.41, 5.74) is 4.47. The topological polar surface area (TPSA) is 23.5 Å². The minimum Gasteiger partial charge on any atom is -0.505 e. The van der Waals surface area contributed by atoms with Crippen LogP contribution in [0.2, 0.25) is 0 Å². The van der Waals surface area contributed by atoms with Crippen molar-refractivity contribution in [2.75, 3.05) is 31.6 Å². The van der Waals surface area contributed by atoms with E-state index in [1.165, 1.54) is 30.0 Å². The zero-order valence-corrected chi connectivity index (χ0v) is 24.8. The molecule has 0 spiro atoms. The van der Waals surface area contributed by atoms with Gasteiger partial charge in [0.2, 0.25) is 0 Å². The fourth-order valence-electron chi connectivity index (χ4n) is 5.37. The van der Waals surface area contributed by atoms with Gasteiger partial charge in [-0.1, -0.05) is 31.0 Å². The molecule has 0 atom stereocenters. The molecule has 3 rings (SSSR count). The highest BCUT2D eigenvalue weighted by Gasteiger charge is 2.56. The summed E-state index contributed by atoms with van der Waals surface area (Å²) in [6, 6.07) is 9.63. The molecule has 2 nitrogen and oxygen atoms in total. The van der Waals surface area contributed by atoms with E-state index in [1.54, 1.807) is 18.2 Å². The van der Waals surface area contributed by atoms with Crippen molar-refractivity contribution in [2.24, 2.45) is 0 Å². The molecule has 2 aromatic carbocycles. The summed E-state index contributed by atoms with van der Waals surface area (Å²) in [5, 5.41) is 9.94. The monoisotopic (exact) mass is 619 g/mol. The molecule has 1 aliphatic carbocycles. The Hall–Kier alpha value is -2.20. The van der Waals surface area contributed by atoms with Crippen LogP contribution in [0.3, 0.4) is 0 Å². The first-order chi connectivity index (χ1) is 19.9. The largest absolute Gasteiger partial charge is 0.505 e. The van der Waals surface area contributed by atoms with Crippen LogP contribution < -0.4 is 0 Å². The van der Waals surface area contributed by atoms with E-state index in [1.807, 2.05) is 7.05 Å². The van der Waals surface area contributed by atoms with E-state index in [0.717, 1.165) is 86.7 Å². The van der Waals surface area contributed by atoms with Crippen LogP contribution in [0.4, 0.5) is 30.7 Å². The fraction of sp³-hybridized carbons (Fsp3) is 0.562. The maximum Gasteiger partial charge on any atom is 0.453 e. The van der Waals surface area contributed by atoms with Crippen LogP contribution in [-0.2, 0) is 6.42 Å². The number of allylic oxidation sites excluding steroid dienone is 2. The minimum absolute atomic E-state index is 0.168. The van der Waals surface area contributed by atoms with E-state index in [9.17, 15) is 35.8 Å². The van der Waals surface area contributed by atoms with Crippen molar-refractivity contribution >= 4 is 22.9 Å². The highest BCUT2D eigenvalue weighted by Crippen LogP contribution is 2.41. The van der Waals surface area contributed by atoms with E-state index >= 15 is 0 Å². The Morgan fingerprint density at radius 2 is 1.48 bits per heavy atom. The lowest BCUT2D eigenvalue weighted by Crippen LogP contribution is -2.36. The molecule has 0 saturated heterocycles. The molecule has 2 aromatic rings. The van der Waals surface area contributed by atoms with Gasteiger partial charge in [-0.3, -0.25) is 0 Å². The summed E-state index contributed by atoms with van der Waals surface area (Å²) in [6.07, 6.45) is 0.716. The lowest BCUT2D eigenvalue weighted by molar-refractivity contribution is -0.284. The van der Waals surface area contributed by atoms with Crippen molar-refractivity contribution in [3.8, 4) is 5.75 Å². The summed E-state index contributed by atoms with van der Waals surface area (Å²) in [6.45, 7) is 1.73. The highest BCUT2D eigenvalue weighted by atomic mass is 32.2. The first-order valence-corrected chi connectivity index (χ1v) is 15.8. The molecule has 10 heteroatoms. The summed E-state index contributed by atoms with van der Waals surface area (Å²) >= 11 is 1.40. The molecular formula is C32H40F7NOS. The number of hydrogen-bond acceptors (Lipinski definition) is 3. The van der Waals surface area contributed by atoms with Crippen LogP contribution in [0.25, 0.3) is 11.1 Å². The Morgan fingerprint density at radius 1 is 0.810 bits per heavy atom.